The van der Waals surface area contributed by atoms with Gasteiger partial charge in [-0.1, -0.05) is 5.16 Å². The zero-order chi connectivity index (χ0) is 22.2. The second-order valence-corrected chi connectivity index (χ2v) is 8.64. The third-order valence-corrected chi connectivity index (χ3v) is 6.75. The van der Waals surface area contributed by atoms with Crippen molar-refractivity contribution in [2.24, 2.45) is 5.92 Å². The SMILES string of the molecule is Cc1nc([C@H]2CC[C@H](C(F)(F)F)CC2)sc1COc1ccc(-c2noc(=O)[nH]2)c(F)c1. The Labute approximate surface area is 178 Å². The van der Waals surface area contributed by atoms with Crippen LogP contribution in [-0.4, -0.2) is 21.3 Å². The van der Waals surface area contributed by atoms with Gasteiger partial charge >= 0.3 is 11.9 Å². The van der Waals surface area contributed by atoms with Gasteiger partial charge in [0.2, 0.25) is 0 Å². The first kappa shape index (κ1) is 21.5. The molecule has 0 aliphatic heterocycles. The number of rotatable bonds is 5. The number of aryl methyl sites for hydroxylation is 1. The predicted molar refractivity (Wildman–Crippen MR) is 104 cm³/mol. The maximum atomic E-state index is 14.3. The van der Waals surface area contributed by atoms with Crippen LogP contribution in [0.25, 0.3) is 11.4 Å². The van der Waals surface area contributed by atoms with Crippen molar-refractivity contribution in [1.29, 1.82) is 0 Å². The van der Waals surface area contributed by atoms with E-state index in [1.54, 1.807) is 6.07 Å². The first-order valence-corrected chi connectivity index (χ1v) is 10.5. The molecule has 0 radical (unpaired) electrons. The van der Waals surface area contributed by atoms with E-state index in [4.69, 9.17) is 4.74 Å². The highest BCUT2D eigenvalue weighted by Gasteiger charge is 2.42. The lowest BCUT2D eigenvalue weighted by Gasteiger charge is -2.28. The van der Waals surface area contributed by atoms with E-state index < -0.39 is 23.7 Å². The van der Waals surface area contributed by atoms with Gasteiger partial charge < -0.3 is 4.74 Å². The molecule has 1 aromatic carbocycles. The summed E-state index contributed by atoms with van der Waals surface area (Å²) in [7, 11) is 0. The van der Waals surface area contributed by atoms with Crippen LogP contribution in [0.5, 0.6) is 5.75 Å². The van der Waals surface area contributed by atoms with Crippen molar-refractivity contribution in [2.45, 2.75) is 51.3 Å². The van der Waals surface area contributed by atoms with Crippen molar-refractivity contribution in [3.8, 4) is 17.1 Å². The van der Waals surface area contributed by atoms with Crippen LogP contribution in [0.15, 0.2) is 27.5 Å². The fraction of sp³-hybridized carbons (Fsp3) is 0.450. The van der Waals surface area contributed by atoms with Gasteiger partial charge in [-0.05, 0) is 44.7 Å². The summed E-state index contributed by atoms with van der Waals surface area (Å²) >= 11 is 1.43. The third kappa shape index (κ3) is 4.81. The van der Waals surface area contributed by atoms with Gasteiger partial charge in [-0.2, -0.15) is 13.2 Å². The number of H-pyrrole nitrogens is 1. The molecule has 0 spiro atoms. The maximum Gasteiger partial charge on any atom is 0.439 e. The molecule has 0 unspecified atom stereocenters. The number of aromatic nitrogens is 3. The van der Waals surface area contributed by atoms with E-state index in [1.165, 1.54) is 23.5 Å². The molecule has 11 heteroatoms. The maximum absolute atomic E-state index is 14.3. The minimum absolute atomic E-state index is 0.0164. The van der Waals surface area contributed by atoms with Gasteiger partial charge in [-0.3, -0.25) is 9.51 Å². The van der Waals surface area contributed by atoms with Crippen LogP contribution in [0, 0.1) is 18.7 Å². The molecule has 0 amide bonds. The van der Waals surface area contributed by atoms with Gasteiger partial charge in [0.05, 0.1) is 27.1 Å². The second kappa shape index (κ2) is 8.45. The summed E-state index contributed by atoms with van der Waals surface area (Å²) in [5.41, 5.74) is 0.833. The highest BCUT2D eigenvalue weighted by Crippen LogP contribution is 2.44. The zero-order valence-electron chi connectivity index (χ0n) is 16.5. The normalized spacial score (nSPS) is 19.5. The molecule has 0 atom stereocenters. The Balaban J connectivity index is 1.39. The lowest BCUT2D eigenvalue weighted by atomic mass is 9.82. The number of aromatic amines is 1. The quantitative estimate of drug-likeness (QED) is 0.523. The first-order chi connectivity index (χ1) is 14.7. The Morgan fingerprint density at radius 1 is 1.26 bits per heavy atom. The van der Waals surface area contributed by atoms with Gasteiger partial charge in [0.15, 0.2) is 5.82 Å². The molecular weight excluding hydrogens is 438 g/mol. The number of ether oxygens (including phenoxy) is 1. The molecule has 1 fully saturated rings. The van der Waals surface area contributed by atoms with Crippen molar-refractivity contribution in [2.75, 3.05) is 0 Å². The smallest absolute Gasteiger partial charge is 0.439 e. The topological polar surface area (TPSA) is 81.0 Å². The Kier molecular flexibility index (Phi) is 5.87. The van der Waals surface area contributed by atoms with Crippen LogP contribution < -0.4 is 10.5 Å². The van der Waals surface area contributed by atoms with Crippen molar-refractivity contribution in [3.63, 3.8) is 0 Å². The monoisotopic (exact) mass is 457 g/mol. The standard InChI is InChI=1S/C20H19F4N3O3S/c1-10-16(31-18(25-10)11-2-4-12(5-3-11)20(22,23)24)9-29-13-6-7-14(15(21)8-13)17-26-19(28)30-27-17/h6-8,11-12H,2-5,9H2,1H3,(H,26,27,28)/t11-,12-. The fourth-order valence-electron chi connectivity index (χ4n) is 3.70. The molecular formula is C20H19F4N3O3S. The Morgan fingerprint density at radius 3 is 2.61 bits per heavy atom. The minimum atomic E-state index is -4.13. The molecule has 1 aliphatic rings. The summed E-state index contributed by atoms with van der Waals surface area (Å²) < 4.78 is 63.0. The molecule has 31 heavy (non-hydrogen) atoms. The van der Waals surface area contributed by atoms with Gasteiger partial charge in [0.25, 0.3) is 0 Å². The molecule has 3 aromatic rings. The molecule has 1 N–H and O–H groups in total. The lowest BCUT2D eigenvalue weighted by molar-refractivity contribution is -0.182. The van der Waals surface area contributed by atoms with E-state index in [0.717, 1.165) is 15.6 Å². The highest BCUT2D eigenvalue weighted by molar-refractivity contribution is 7.11. The van der Waals surface area contributed by atoms with Crippen molar-refractivity contribution in [3.05, 3.63) is 50.1 Å². The summed E-state index contributed by atoms with van der Waals surface area (Å²) in [5.74, 6) is -2.34. The number of benzene rings is 1. The average molecular weight is 457 g/mol. The van der Waals surface area contributed by atoms with Crippen molar-refractivity contribution in [1.82, 2.24) is 15.1 Å². The highest BCUT2D eigenvalue weighted by atomic mass is 32.1. The molecule has 1 aliphatic carbocycles. The van der Waals surface area contributed by atoms with Crippen LogP contribution in [-0.2, 0) is 6.61 Å². The van der Waals surface area contributed by atoms with Gasteiger partial charge in [0, 0.05) is 12.0 Å². The zero-order valence-corrected chi connectivity index (χ0v) is 17.3. The lowest BCUT2D eigenvalue weighted by Crippen LogP contribution is -2.27. The van der Waals surface area contributed by atoms with Gasteiger partial charge in [-0.15, -0.1) is 11.3 Å². The molecule has 4 rings (SSSR count). The summed E-state index contributed by atoms with van der Waals surface area (Å²) in [6.07, 6.45) is -2.94. The Morgan fingerprint density at radius 2 is 2.00 bits per heavy atom. The molecule has 1 saturated carbocycles. The van der Waals surface area contributed by atoms with E-state index in [-0.39, 0.29) is 42.5 Å². The third-order valence-electron chi connectivity index (χ3n) is 5.45. The first-order valence-electron chi connectivity index (χ1n) is 9.72. The largest absolute Gasteiger partial charge is 0.488 e. The molecule has 166 valence electrons. The van der Waals surface area contributed by atoms with Crippen LogP contribution in [0.2, 0.25) is 0 Å². The predicted octanol–water partition coefficient (Wildman–Crippen LogP) is 5.35. The molecule has 0 bridgehead atoms. The summed E-state index contributed by atoms with van der Waals surface area (Å²) in [6, 6.07) is 4.14. The molecule has 0 saturated heterocycles. The average Bonchev–Trinajstić information content (AvgIpc) is 3.31. The summed E-state index contributed by atoms with van der Waals surface area (Å²) in [4.78, 5) is 18.7. The van der Waals surface area contributed by atoms with Crippen LogP contribution in [0.4, 0.5) is 17.6 Å². The number of thiazole rings is 1. The Bertz CT molecular complexity index is 1110. The van der Waals surface area contributed by atoms with E-state index in [1.807, 2.05) is 6.92 Å². The van der Waals surface area contributed by atoms with Crippen LogP contribution >= 0.6 is 11.3 Å². The second-order valence-electron chi connectivity index (χ2n) is 7.52. The van der Waals surface area contributed by atoms with E-state index in [9.17, 15) is 22.4 Å². The minimum Gasteiger partial charge on any atom is -0.488 e. The van der Waals surface area contributed by atoms with Crippen molar-refractivity contribution < 1.29 is 26.8 Å². The van der Waals surface area contributed by atoms with Gasteiger partial charge in [0.1, 0.15) is 18.2 Å². The number of alkyl halides is 3. The van der Waals surface area contributed by atoms with Crippen LogP contribution in [0.1, 0.15) is 47.2 Å². The van der Waals surface area contributed by atoms with Gasteiger partial charge in [-0.25, -0.2) is 14.2 Å². The number of hydrogen-bond acceptors (Lipinski definition) is 6. The van der Waals surface area contributed by atoms with Crippen LogP contribution in [0.3, 0.4) is 0 Å². The number of halogens is 4. The van der Waals surface area contributed by atoms with E-state index >= 15 is 0 Å². The molecule has 2 aromatic heterocycles. The van der Waals surface area contributed by atoms with E-state index in [0.29, 0.717) is 12.8 Å². The number of hydrogen-bond donors (Lipinski definition) is 1. The Hall–Kier alpha value is -2.69. The van der Waals surface area contributed by atoms with E-state index in [2.05, 4.69) is 19.6 Å². The molecule has 6 nitrogen and oxygen atoms in total. The van der Waals surface area contributed by atoms with Crippen molar-refractivity contribution >= 4 is 11.3 Å². The number of nitrogens with one attached hydrogen (secondary N) is 1. The molecule has 2 heterocycles. The number of nitrogens with zero attached hydrogens (tertiary/aromatic N) is 2. The fourth-order valence-corrected chi connectivity index (χ4v) is 4.85. The summed E-state index contributed by atoms with van der Waals surface area (Å²) in [5, 5.41) is 4.28. The summed E-state index contributed by atoms with van der Waals surface area (Å²) in [6.45, 7) is 1.99.